The Morgan fingerprint density at radius 2 is 2.14 bits per heavy atom. The average molecular weight is 324 g/mol. The minimum absolute atomic E-state index is 0.119. The Morgan fingerprint density at radius 1 is 1.29 bits per heavy atom. The van der Waals surface area contributed by atoms with Crippen molar-refractivity contribution in [3.05, 3.63) is 57.2 Å². The van der Waals surface area contributed by atoms with Gasteiger partial charge in [0.2, 0.25) is 0 Å². The highest BCUT2D eigenvalue weighted by Gasteiger charge is 2.13. The van der Waals surface area contributed by atoms with Crippen molar-refractivity contribution in [3.63, 3.8) is 0 Å². The SMILES string of the molecule is O=C(NCC[C@H](CCO)c1cccs1)c1cccc(Cl)c1. The van der Waals surface area contributed by atoms with Crippen LogP contribution in [-0.2, 0) is 0 Å². The second-order valence-corrected chi connectivity index (χ2v) is 6.20. The molecule has 0 aliphatic carbocycles. The summed E-state index contributed by atoms with van der Waals surface area (Å²) in [6.45, 7) is 0.735. The van der Waals surface area contributed by atoms with E-state index in [0.717, 1.165) is 6.42 Å². The fourth-order valence-electron chi connectivity index (χ4n) is 2.20. The standard InChI is InChI=1S/C16H18ClNO2S/c17-14-4-1-3-13(11-14)16(20)18-8-6-12(7-9-19)15-5-2-10-21-15/h1-5,10-12,19H,6-9H2,(H,18,20)/t12-/m1/s1. The van der Waals surface area contributed by atoms with Crippen LogP contribution in [0.2, 0.25) is 5.02 Å². The van der Waals surface area contributed by atoms with Gasteiger partial charge in [0.15, 0.2) is 0 Å². The lowest BCUT2D eigenvalue weighted by molar-refractivity contribution is 0.0952. The highest BCUT2D eigenvalue weighted by molar-refractivity contribution is 7.10. The molecule has 112 valence electrons. The molecule has 1 amide bonds. The third kappa shape index (κ3) is 4.84. The summed E-state index contributed by atoms with van der Waals surface area (Å²) in [6.07, 6.45) is 1.53. The van der Waals surface area contributed by atoms with E-state index in [1.807, 2.05) is 11.4 Å². The van der Waals surface area contributed by atoms with Crippen LogP contribution in [0.1, 0.15) is 34.0 Å². The maximum atomic E-state index is 12.0. The molecule has 0 saturated carbocycles. The quantitative estimate of drug-likeness (QED) is 0.816. The molecule has 1 heterocycles. The zero-order valence-electron chi connectivity index (χ0n) is 11.6. The highest BCUT2D eigenvalue weighted by atomic mass is 35.5. The molecule has 0 radical (unpaired) electrons. The number of hydrogen-bond acceptors (Lipinski definition) is 3. The topological polar surface area (TPSA) is 49.3 Å². The van der Waals surface area contributed by atoms with Gasteiger partial charge < -0.3 is 10.4 Å². The molecule has 0 fully saturated rings. The molecule has 21 heavy (non-hydrogen) atoms. The third-order valence-corrected chi connectivity index (χ3v) is 4.56. The fraction of sp³-hybridized carbons (Fsp3) is 0.312. The van der Waals surface area contributed by atoms with E-state index >= 15 is 0 Å². The number of hydrogen-bond donors (Lipinski definition) is 2. The second kappa shape index (κ2) is 8.17. The number of carbonyl (C=O) groups is 1. The number of benzene rings is 1. The number of halogens is 1. The molecule has 2 aromatic rings. The Hall–Kier alpha value is -1.36. The van der Waals surface area contributed by atoms with E-state index in [4.69, 9.17) is 16.7 Å². The van der Waals surface area contributed by atoms with Gasteiger partial charge in [-0.25, -0.2) is 0 Å². The minimum atomic E-state index is -0.119. The second-order valence-electron chi connectivity index (χ2n) is 4.78. The number of rotatable bonds is 7. The molecule has 0 saturated heterocycles. The molecule has 1 aromatic carbocycles. The van der Waals surface area contributed by atoms with Gasteiger partial charge in [-0.15, -0.1) is 11.3 Å². The van der Waals surface area contributed by atoms with Gasteiger partial charge in [-0.1, -0.05) is 23.7 Å². The van der Waals surface area contributed by atoms with Gasteiger partial charge in [0.05, 0.1) is 0 Å². The molecule has 3 nitrogen and oxygen atoms in total. The number of amides is 1. The maximum Gasteiger partial charge on any atom is 0.251 e. The molecular weight excluding hydrogens is 306 g/mol. The first kappa shape index (κ1) is 16.0. The Morgan fingerprint density at radius 3 is 2.81 bits per heavy atom. The number of nitrogens with one attached hydrogen (secondary N) is 1. The normalized spacial score (nSPS) is 12.1. The van der Waals surface area contributed by atoms with E-state index in [0.29, 0.717) is 23.6 Å². The molecule has 0 spiro atoms. The first-order valence-electron chi connectivity index (χ1n) is 6.88. The lowest BCUT2D eigenvalue weighted by Crippen LogP contribution is -2.25. The van der Waals surface area contributed by atoms with Crippen LogP contribution in [0.25, 0.3) is 0 Å². The molecule has 2 N–H and O–H groups in total. The van der Waals surface area contributed by atoms with Gasteiger partial charge in [0.25, 0.3) is 5.91 Å². The van der Waals surface area contributed by atoms with Crippen LogP contribution in [-0.4, -0.2) is 24.2 Å². The Kier molecular flexibility index (Phi) is 6.23. The van der Waals surface area contributed by atoms with Gasteiger partial charge in [-0.05, 0) is 48.4 Å². The van der Waals surface area contributed by atoms with Crippen LogP contribution in [0.4, 0.5) is 0 Å². The summed E-state index contributed by atoms with van der Waals surface area (Å²) < 4.78 is 0. The van der Waals surface area contributed by atoms with E-state index in [1.165, 1.54) is 4.88 Å². The van der Waals surface area contributed by atoms with Gasteiger partial charge in [-0.2, -0.15) is 0 Å². The number of carbonyl (C=O) groups excluding carboxylic acids is 1. The molecule has 0 unspecified atom stereocenters. The van der Waals surface area contributed by atoms with Crippen LogP contribution in [0, 0.1) is 0 Å². The van der Waals surface area contributed by atoms with Crippen LogP contribution >= 0.6 is 22.9 Å². The predicted octanol–water partition coefficient (Wildman–Crippen LogP) is 3.69. The molecule has 0 bridgehead atoms. The molecular formula is C16H18ClNO2S. The van der Waals surface area contributed by atoms with Crippen molar-refractivity contribution in [2.75, 3.05) is 13.2 Å². The Bertz CT molecular complexity index is 571. The Labute approximate surface area is 133 Å². The largest absolute Gasteiger partial charge is 0.396 e. The summed E-state index contributed by atoms with van der Waals surface area (Å²) in [4.78, 5) is 13.3. The van der Waals surface area contributed by atoms with Crippen LogP contribution in [0.5, 0.6) is 0 Å². The monoisotopic (exact) mass is 323 g/mol. The Balaban J connectivity index is 1.86. The van der Waals surface area contributed by atoms with Crippen LogP contribution in [0.15, 0.2) is 41.8 Å². The van der Waals surface area contributed by atoms with Gasteiger partial charge in [0, 0.05) is 28.6 Å². The highest BCUT2D eigenvalue weighted by Crippen LogP contribution is 2.26. The summed E-state index contributed by atoms with van der Waals surface area (Å²) in [5.41, 5.74) is 0.567. The molecule has 5 heteroatoms. The van der Waals surface area contributed by atoms with E-state index in [9.17, 15) is 4.79 Å². The summed E-state index contributed by atoms with van der Waals surface area (Å²) in [6, 6.07) is 11.0. The van der Waals surface area contributed by atoms with Crippen LogP contribution in [0.3, 0.4) is 0 Å². The number of aliphatic hydroxyl groups is 1. The summed E-state index contributed by atoms with van der Waals surface area (Å²) in [7, 11) is 0. The fourth-order valence-corrected chi connectivity index (χ4v) is 3.29. The van der Waals surface area contributed by atoms with Crippen molar-refractivity contribution < 1.29 is 9.90 Å². The summed E-state index contributed by atoms with van der Waals surface area (Å²) in [5.74, 6) is 0.168. The minimum Gasteiger partial charge on any atom is -0.396 e. The lowest BCUT2D eigenvalue weighted by atomic mass is 10.00. The van der Waals surface area contributed by atoms with Crippen molar-refractivity contribution in [1.82, 2.24) is 5.32 Å². The van der Waals surface area contributed by atoms with Crippen molar-refractivity contribution in [2.45, 2.75) is 18.8 Å². The molecule has 2 rings (SSSR count). The molecule has 0 aliphatic rings. The van der Waals surface area contributed by atoms with Gasteiger partial charge in [0.1, 0.15) is 0 Å². The molecule has 1 atom stereocenters. The van der Waals surface area contributed by atoms with E-state index in [-0.39, 0.29) is 18.4 Å². The number of aliphatic hydroxyl groups excluding tert-OH is 1. The summed E-state index contributed by atoms with van der Waals surface area (Å²) >= 11 is 7.56. The zero-order valence-corrected chi connectivity index (χ0v) is 13.2. The average Bonchev–Trinajstić information content (AvgIpc) is 3.00. The molecule has 0 aliphatic heterocycles. The first-order valence-corrected chi connectivity index (χ1v) is 8.14. The van der Waals surface area contributed by atoms with Crippen LogP contribution < -0.4 is 5.32 Å². The summed E-state index contributed by atoms with van der Waals surface area (Å²) in [5, 5.41) is 14.6. The molecule has 1 aromatic heterocycles. The van der Waals surface area contributed by atoms with E-state index in [2.05, 4.69) is 11.4 Å². The maximum absolute atomic E-state index is 12.0. The zero-order chi connectivity index (χ0) is 15.1. The van der Waals surface area contributed by atoms with Gasteiger partial charge in [-0.3, -0.25) is 4.79 Å². The smallest absolute Gasteiger partial charge is 0.251 e. The van der Waals surface area contributed by atoms with E-state index < -0.39 is 0 Å². The van der Waals surface area contributed by atoms with Crippen molar-refractivity contribution in [2.24, 2.45) is 0 Å². The first-order chi connectivity index (χ1) is 10.2. The predicted molar refractivity (Wildman–Crippen MR) is 87.2 cm³/mol. The number of thiophene rings is 1. The van der Waals surface area contributed by atoms with Crippen molar-refractivity contribution in [1.29, 1.82) is 0 Å². The third-order valence-electron chi connectivity index (χ3n) is 3.29. The van der Waals surface area contributed by atoms with Gasteiger partial charge >= 0.3 is 0 Å². The van der Waals surface area contributed by atoms with Crippen molar-refractivity contribution in [3.8, 4) is 0 Å². The van der Waals surface area contributed by atoms with E-state index in [1.54, 1.807) is 35.6 Å². The lowest BCUT2D eigenvalue weighted by Gasteiger charge is -2.14. The van der Waals surface area contributed by atoms with Crippen molar-refractivity contribution >= 4 is 28.8 Å².